The second-order valence-electron chi connectivity index (χ2n) is 2.73. The fourth-order valence-electron chi connectivity index (χ4n) is 0.951. The molecule has 0 aromatic rings. The van der Waals surface area contributed by atoms with E-state index in [0.29, 0.717) is 12.8 Å². The summed E-state index contributed by atoms with van der Waals surface area (Å²) >= 11 is 0. The van der Waals surface area contributed by atoms with E-state index in [9.17, 15) is 9.46 Å². The van der Waals surface area contributed by atoms with Crippen molar-refractivity contribution in [3.05, 3.63) is 0 Å². The molecule has 4 nitrogen and oxygen atoms in total. The first-order chi connectivity index (χ1) is 4.87. The van der Waals surface area contributed by atoms with Crippen LogP contribution in [-0.2, 0) is 4.57 Å². The van der Waals surface area contributed by atoms with Crippen LogP contribution < -0.4 is 10.6 Å². The zero-order valence-electron chi connectivity index (χ0n) is 6.91. The molecule has 0 rings (SSSR count). The minimum Gasteiger partial charge on any atom is -0.777 e. The third-order valence-electron chi connectivity index (χ3n) is 1.86. The Labute approximate surface area is 67.0 Å². The highest BCUT2D eigenvalue weighted by atomic mass is 31.2. The van der Waals surface area contributed by atoms with Crippen LogP contribution in [0.1, 0.15) is 33.1 Å². The molecule has 0 aromatic carbocycles. The number of rotatable bonds is 4. The molecular weight excluding hydrogens is 165 g/mol. The average molecular weight is 180 g/mol. The molecule has 5 heteroatoms. The molecule has 0 aliphatic rings. The van der Waals surface area contributed by atoms with Crippen molar-refractivity contribution in [1.29, 1.82) is 0 Å². The van der Waals surface area contributed by atoms with Gasteiger partial charge in [0.1, 0.15) is 0 Å². The first kappa shape index (κ1) is 11.1. The predicted octanol–water partition coefficient (Wildman–Crippen LogP) is 0.397. The van der Waals surface area contributed by atoms with E-state index in [2.05, 4.69) is 0 Å². The molecule has 0 spiro atoms. The van der Waals surface area contributed by atoms with Gasteiger partial charge in [-0.25, -0.2) is 0 Å². The lowest BCUT2D eigenvalue weighted by Gasteiger charge is -2.36. The average Bonchev–Trinajstić information content (AvgIpc) is 1.86. The molecule has 68 valence electrons. The zero-order chi connectivity index (χ0) is 9.12. The van der Waals surface area contributed by atoms with Gasteiger partial charge in [-0.05, 0) is 12.8 Å². The van der Waals surface area contributed by atoms with Crippen LogP contribution in [0.15, 0.2) is 0 Å². The van der Waals surface area contributed by atoms with Crippen LogP contribution in [-0.4, -0.2) is 10.2 Å². The predicted molar refractivity (Wildman–Crippen MR) is 41.9 cm³/mol. The lowest BCUT2D eigenvalue weighted by molar-refractivity contribution is -0.200. The van der Waals surface area contributed by atoms with Gasteiger partial charge >= 0.3 is 0 Å². The van der Waals surface area contributed by atoms with Gasteiger partial charge in [0.25, 0.3) is 0 Å². The van der Waals surface area contributed by atoms with E-state index in [1.165, 1.54) is 0 Å². The third kappa shape index (κ3) is 2.56. The maximum Gasteiger partial charge on any atom is 0.152 e. The maximum absolute atomic E-state index is 10.7. The summed E-state index contributed by atoms with van der Waals surface area (Å²) in [6, 6.07) is 0. The molecule has 2 atom stereocenters. The summed E-state index contributed by atoms with van der Waals surface area (Å²) in [6.07, 6.45) is 1.20. The van der Waals surface area contributed by atoms with Crippen molar-refractivity contribution in [2.75, 3.05) is 0 Å². The summed E-state index contributed by atoms with van der Waals surface area (Å²) in [4.78, 5) is 19.5. The Morgan fingerprint density at radius 2 is 2.09 bits per heavy atom. The Balaban J connectivity index is 4.47. The van der Waals surface area contributed by atoms with Gasteiger partial charge in [0, 0.05) is 0 Å². The minimum atomic E-state index is -4.38. The largest absolute Gasteiger partial charge is 0.777 e. The topological polar surface area (TPSA) is 86.4 Å². The summed E-state index contributed by atoms with van der Waals surface area (Å²) in [5, 5.41) is -1.41. The standard InChI is InChI=1S/C6H16NO3P/c1-3-5-6(7,4-2)11(8,9)10/h3-5,7H2,1-2H3,(H2,8,9,10)/p-1. The number of hydrogen-bond donors (Lipinski definition) is 2. The molecular formula is C6H15NO3P-. The first-order valence-corrected chi connectivity index (χ1v) is 5.28. The quantitative estimate of drug-likeness (QED) is 0.613. The smallest absolute Gasteiger partial charge is 0.152 e. The summed E-state index contributed by atoms with van der Waals surface area (Å²) < 4.78 is 10.7. The molecule has 0 aliphatic heterocycles. The Kier molecular flexibility index (Phi) is 3.71. The molecule has 11 heavy (non-hydrogen) atoms. The molecule has 0 heterocycles. The third-order valence-corrected chi connectivity index (χ3v) is 3.52. The van der Waals surface area contributed by atoms with Crippen molar-refractivity contribution in [2.24, 2.45) is 5.73 Å². The Morgan fingerprint density at radius 3 is 2.18 bits per heavy atom. The zero-order valence-corrected chi connectivity index (χ0v) is 7.80. The fraction of sp³-hybridized carbons (Fsp3) is 1.00. The van der Waals surface area contributed by atoms with Crippen molar-refractivity contribution in [3.8, 4) is 0 Å². The summed E-state index contributed by atoms with van der Waals surface area (Å²) in [7, 11) is -4.38. The molecule has 0 aromatic heterocycles. The van der Waals surface area contributed by atoms with Crippen molar-refractivity contribution < 1.29 is 14.4 Å². The SMILES string of the molecule is CCCC(N)(CC)P(=O)([O-])O. The monoisotopic (exact) mass is 180 g/mol. The van der Waals surface area contributed by atoms with E-state index in [0.717, 1.165) is 0 Å². The molecule has 0 aliphatic carbocycles. The maximum atomic E-state index is 10.7. The van der Waals surface area contributed by atoms with Crippen molar-refractivity contribution in [1.82, 2.24) is 0 Å². The van der Waals surface area contributed by atoms with Gasteiger partial charge < -0.3 is 20.1 Å². The molecule has 0 saturated carbocycles. The van der Waals surface area contributed by atoms with Crippen LogP contribution in [0.2, 0.25) is 0 Å². The fourth-order valence-corrected chi connectivity index (χ4v) is 1.86. The highest BCUT2D eigenvalue weighted by Crippen LogP contribution is 2.47. The van der Waals surface area contributed by atoms with Crippen LogP contribution in [0.3, 0.4) is 0 Å². The van der Waals surface area contributed by atoms with Gasteiger partial charge in [-0.2, -0.15) is 0 Å². The van der Waals surface area contributed by atoms with Gasteiger partial charge in [-0.3, -0.25) is 0 Å². The Morgan fingerprint density at radius 1 is 1.64 bits per heavy atom. The van der Waals surface area contributed by atoms with Crippen LogP contribution >= 0.6 is 7.60 Å². The summed E-state index contributed by atoms with van der Waals surface area (Å²) in [5.74, 6) is 0. The van der Waals surface area contributed by atoms with E-state index in [4.69, 9.17) is 10.6 Å². The van der Waals surface area contributed by atoms with Gasteiger partial charge in [0.05, 0.1) is 5.28 Å². The van der Waals surface area contributed by atoms with E-state index in [1.54, 1.807) is 6.92 Å². The molecule has 0 radical (unpaired) electrons. The number of hydrogen-bond acceptors (Lipinski definition) is 3. The lowest BCUT2D eigenvalue weighted by Crippen LogP contribution is -2.42. The molecule has 0 bridgehead atoms. The molecule has 0 amide bonds. The number of nitrogens with two attached hydrogens (primary N) is 1. The second kappa shape index (κ2) is 3.68. The van der Waals surface area contributed by atoms with Gasteiger partial charge in [0.15, 0.2) is 7.60 Å². The normalized spacial score (nSPS) is 22.3. The molecule has 2 unspecified atom stereocenters. The van der Waals surface area contributed by atoms with Crippen LogP contribution in [0, 0.1) is 0 Å². The van der Waals surface area contributed by atoms with Crippen LogP contribution in [0.25, 0.3) is 0 Å². The highest BCUT2D eigenvalue weighted by Gasteiger charge is 2.32. The minimum absolute atomic E-state index is 0.248. The van der Waals surface area contributed by atoms with E-state index < -0.39 is 12.9 Å². The summed E-state index contributed by atoms with van der Waals surface area (Å²) in [5.41, 5.74) is 5.46. The van der Waals surface area contributed by atoms with Crippen LogP contribution in [0.4, 0.5) is 0 Å². The van der Waals surface area contributed by atoms with Crippen molar-refractivity contribution in [2.45, 2.75) is 38.4 Å². The second-order valence-corrected chi connectivity index (χ2v) is 4.66. The van der Waals surface area contributed by atoms with Gasteiger partial charge in [-0.1, -0.05) is 20.3 Å². The Bertz CT molecular complexity index is 167. The van der Waals surface area contributed by atoms with Gasteiger partial charge in [0.2, 0.25) is 0 Å². The summed E-state index contributed by atoms with van der Waals surface area (Å²) in [6.45, 7) is 3.48. The van der Waals surface area contributed by atoms with Crippen molar-refractivity contribution >= 4 is 7.60 Å². The van der Waals surface area contributed by atoms with Gasteiger partial charge in [-0.15, -0.1) is 0 Å². The van der Waals surface area contributed by atoms with Crippen molar-refractivity contribution in [3.63, 3.8) is 0 Å². The molecule has 0 saturated heterocycles. The molecule has 0 fully saturated rings. The highest BCUT2D eigenvalue weighted by molar-refractivity contribution is 7.52. The Hall–Kier alpha value is 0.110. The first-order valence-electron chi connectivity index (χ1n) is 3.70. The lowest BCUT2D eigenvalue weighted by atomic mass is 10.1. The van der Waals surface area contributed by atoms with E-state index in [-0.39, 0.29) is 6.42 Å². The van der Waals surface area contributed by atoms with Crippen LogP contribution in [0.5, 0.6) is 0 Å². The van der Waals surface area contributed by atoms with E-state index in [1.807, 2.05) is 6.92 Å². The molecule has 3 N–H and O–H groups in total. The van der Waals surface area contributed by atoms with E-state index >= 15 is 0 Å².